The van der Waals surface area contributed by atoms with E-state index in [1.54, 1.807) is 24.3 Å². The molecule has 2 N–H and O–H groups in total. The van der Waals surface area contributed by atoms with E-state index >= 15 is 0 Å². The fourth-order valence-electron chi connectivity index (χ4n) is 3.72. The number of piperazine rings is 1. The second kappa shape index (κ2) is 10.4. The smallest absolute Gasteiger partial charge is 0.238 e. The monoisotopic (exact) mass is 442 g/mol. The molecule has 0 spiro atoms. The van der Waals surface area contributed by atoms with Crippen LogP contribution < -0.4 is 20.1 Å². The van der Waals surface area contributed by atoms with Gasteiger partial charge in [0.05, 0.1) is 26.3 Å². The Labute approximate surface area is 186 Å². The van der Waals surface area contributed by atoms with Gasteiger partial charge in [0.1, 0.15) is 5.82 Å². The summed E-state index contributed by atoms with van der Waals surface area (Å²) >= 11 is 0. The van der Waals surface area contributed by atoms with Crippen molar-refractivity contribution >= 4 is 23.2 Å². The van der Waals surface area contributed by atoms with E-state index in [-0.39, 0.29) is 30.7 Å². The number of halogens is 1. The van der Waals surface area contributed by atoms with Crippen LogP contribution in [-0.2, 0) is 9.59 Å². The molecule has 2 aromatic rings. The number of amides is 2. The Kier molecular flexibility index (Phi) is 7.18. The summed E-state index contributed by atoms with van der Waals surface area (Å²) in [5, 5.41) is 5.62. The average molecular weight is 442 g/mol. The topological polar surface area (TPSA) is 83.1 Å². The van der Waals surface area contributed by atoms with Gasteiger partial charge in [-0.2, -0.15) is 0 Å². The molecule has 0 aromatic heterocycles. The zero-order valence-electron chi connectivity index (χ0n) is 17.8. The number of carbonyl (C=O) groups excluding carboxylic acids is 2. The summed E-state index contributed by atoms with van der Waals surface area (Å²) in [6, 6.07) is 11.2. The minimum absolute atomic E-state index is 0.100. The van der Waals surface area contributed by atoms with Gasteiger partial charge in [0.25, 0.3) is 0 Å². The van der Waals surface area contributed by atoms with E-state index in [1.165, 1.54) is 12.1 Å². The molecule has 0 saturated carbocycles. The van der Waals surface area contributed by atoms with Crippen LogP contribution in [0.4, 0.5) is 15.8 Å². The molecule has 0 unspecified atom stereocenters. The second-order valence-electron chi connectivity index (χ2n) is 7.87. The first-order valence-electron chi connectivity index (χ1n) is 10.7. The van der Waals surface area contributed by atoms with Gasteiger partial charge in [-0.1, -0.05) is 6.07 Å². The molecule has 4 rings (SSSR count). The highest BCUT2D eigenvalue weighted by atomic mass is 19.1. The Morgan fingerprint density at radius 3 is 2.03 bits per heavy atom. The summed E-state index contributed by atoms with van der Waals surface area (Å²) in [6.45, 7) is 4.43. The predicted octanol–water partition coefficient (Wildman–Crippen LogP) is 2.18. The first-order valence-corrected chi connectivity index (χ1v) is 10.7. The van der Waals surface area contributed by atoms with Crippen LogP contribution in [0, 0.1) is 5.82 Å². The van der Waals surface area contributed by atoms with Crippen LogP contribution >= 0.6 is 0 Å². The standard InChI is InChI=1S/C23H27FN4O4/c24-17-3-1-4-18(13-17)25-22(29)15-27-7-9-28(10-8-27)16-23(30)26-19-5-6-20-21(14-19)32-12-2-11-31-20/h1,3-6,13-14H,2,7-12,15-16H2,(H,25,29)(H,26,30). The van der Waals surface area contributed by atoms with Gasteiger partial charge in [-0.05, 0) is 30.3 Å². The van der Waals surface area contributed by atoms with Crippen molar-refractivity contribution in [1.82, 2.24) is 9.80 Å². The molecule has 2 amide bonds. The highest BCUT2D eigenvalue weighted by Crippen LogP contribution is 2.32. The lowest BCUT2D eigenvalue weighted by atomic mass is 10.2. The number of nitrogens with zero attached hydrogens (tertiary/aromatic N) is 2. The van der Waals surface area contributed by atoms with E-state index in [0.717, 1.165) is 6.42 Å². The molecule has 2 aromatic carbocycles. The highest BCUT2D eigenvalue weighted by Gasteiger charge is 2.21. The third-order valence-electron chi connectivity index (χ3n) is 5.34. The molecule has 32 heavy (non-hydrogen) atoms. The number of nitrogens with one attached hydrogen (secondary N) is 2. The van der Waals surface area contributed by atoms with Crippen molar-refractivity contribution in [3.05, 3.63) is 48.3 Å². The maximum atomic E-state index is 13.2. The summed E-state index contributed by atoms with van der Waals surface area (Å²) < 4.78 is 24.5. The fraction of sp³-hybridized carbons (Fsp3) is 0.391. The number of benzene rings is 2. The maximum absolute atomic E-state index is 13.2. The summed E-state index contributed by atoms with van der Waals surface area (Å²) in [4.78, 5) is 28.8. The summed E-state index contributed by atoms with van der Waals surface area (Å²) in [5.74, 6) is 0.665. The Morgan fingerprint density at radius 2 is 1.41 bits per heavy atom. The number of rotatable bonds is 6. The molecule has 2 heterocycles. The maximum Gasteiger partial charge on any atom is 0.238 e. The third kappa shape index (κ3) is 6.18. The summed E-state index contributed by atoms with van der Waals surface area (Å²) in [7, 11) is 0. The van der Waals surface area contributed by atoms with Crippen LogP contribution in [0.1, 0.15) is 6.42 Å². The highest BCUT2D eigenvalue weighted by molar-refractivity contribution is 5.93. The fourth-order valence-corrected chi connectivity index (χ4v) is 3.72. The molecule has 170 valence electrons. The molecule has 0 atom stereocenters. The molecular weight excluding hydrogens is 415 g/mol. The van der Waals surface area contributed by atoms with Crippen molar-refractivity contribution in [3.63, 3.8) is 0 Å². The van der Waals surface area contributed by atoms with E-state index < -0.39 is 0 Å². The van der Waals surface area contributed by atoms with Gasteiger partial charge in [0.2, 0.25) is 11.8 Å². The van der Waals surface area contributed by atoms with Gasteiger partial charge < -0.3 is 20.1 Å². The van der Waals surface area contributed by atoms with E-state index in [4.69, 9.17) is 9.47 Å². The first-order chi connectivity index (χ1) is 15.5. The molecule has 0 radical (unpaired) electrons. The normalized spacial score (nSPS) is 16.8. The predicted molar refractivity (Wildman–Crippen MR) is 119 cm³/mol. The number of hydrogen-bond donors (Lipinski definition) is 2. The summed E-state index contributed by atoms with van der Waals surface area (Å²) in [5.41, 5.74) is 1.12. The van der Waals surface area contributed by atoms with Gasteiger partial charge in [0, 0.05) is 50.0 Å². The molecule has 0 bridgehead atoms. The average Bonchev–Trinajstić information content (AvgIpc) is 3.00. The molecule has 1 saturated heterocycles. The molecule has 1 fully saturated rings. The van der Waals surface area contributed by atoms with Crippen molar-refractivity contribution < 1.29 is 23.5 Å². The molecule has 0 aliphatic carbocycles. The molecule has 2 aliphatic rings. The minimum Gasteiger partial charge on any atom is -0.490 e. The van der Waals surface area contributed by atoms with Crippen LogP contribution in [-0.4, -0.2) is 74.1 Å². The molecule has 8 nitrogen and oxygen atoms in total. The third-order valence-corrected chi connectivity index (χ3v) is 5.34. The van der Waals surface area contributed by atoms with Crippen molar-refractivity contribution in [1.29, 1.82) is 0 Å². The van der Waals surface area contributed by atoms with Gasteiger partial charge in [-0.25, -0.2) is 4.39 Å². The SMILES string of the molecule is O=C(CN1CCN(CC(=O)Nc2ccc3c(c2)OCCCO3)CC1)Nc1cccc(F)c1. The van der Waals surface area contributed by atoms with Crippen LogP contribution in [0.3, 0.4) is 0 Å². The lowest BCUT2D eigenvalue weighted by Crippen LogP contribution is -2.50. The van der Waals surface area contributed by atoms with E-state index in [2.05, 4.69) is 15.5 Å². The molecule has 2 aliphatic heterocycles. The second-order valence-corrected chi connectivity index (χ2v) is 7.87. The number of ether oxygens (including phenoxy) is 2. The van der Waals surface area contributed by atoms with E-state index in [0.29, 0.717) is 62.3 Å². The quantitative estimate of drug-likeness (QED) is 0.714. The first kappa shape index (κ1) is 22.0. The van der Waals surface area contributed by atoms with Crippen LogP contribution in [0.5, 0.6) is 11.5 Å². The number of carbonyl (C=O) groups is 2. The Morgan fingerprint density at radius 1 is 0.812 bits per heavy atom. The molecular formula is C23H27FN4O4. The van der Waals surface area contributed by atoms with Gasteiger partial charge in [-0.3, -0.25) is 19.4 Å². The number of anilines is 2. The lowest BCUT2D eigenvalue weighted by Gasteiger charge is -2.33. The Balaban J connectivity index is 1.20. The van der Waals surface area contributed by atoms with Crippen molar-refractivity contribution in [3.8, 4) is 11.5 Å². The van der Waals surface area contributed by atoms with Gasteiger partial charge >= 0.3 is 0 Å². The van der Waals surface area contributed by atoms with Crippen LogP contribution in [0.15, 0.2) is 42.5 Å². The van der Waals surface area contributed by atoms with Crippen LogP contribution in [0.2, 0.25) is 0 Å². The zero-order chi connectivity index (χ0) is 22.3. The lowest BCUT2D eigenvalue weighted by molar-refractivity contribution is -0.120. The molecule has 9 heteroatoms. The minimum atomic E-state index is -0.388. The van der Waals surface area contributed by atoms with Gasteiger partial charge in [-0.15, -0.1) is 0 Å². The largest absolute Gasteiger partial charge is 0.490 e. The van der Waals surface area contributed by atoms with Crippen molar-refractivity contribution in [2.75, 3.05) is 63.1 Å². The van der Waals surface area contributed by atoms with E-state index in [1.807, 2.05) is 11.0 Å². The zero-order valence-corrected chi connectivity index (χ0v) is 17.8. The number of fused-ring (bicyclic) bond motifs is 1. The van der Waals surface area contributed by atoms with Gasteiger partial charge in [0.15, 0.2) is 11.5 Å². The van der Waals surface area contributed by atoms with Crippen molar-refractivity contribution in [2.24, 2.45) is 0 Å². The van der Waals surface area contributed by atoms with Crippen molar-refractivity contribution in [2.45, 2.75) is 6.42 Å². The number of hydrogen-bond acceptors (Lipinski definition) is 6. The van der Waals surface area contributed by atoms with Crippen LogP contribution in [0.25, 0.3) is 0 Å². The van der Waals surface area contributed by atoms with E-state index in [9.17, 15) is 14.0 Å². The Hall–Kier alpha value is -3.17. The Bertz CT molecular complexity index is 963. The summed E-state index contributed by atoms with van der Waals surface area (Å²) in [6.07, 6.45) is 0.828.